The molecule has 6 nitrogen and oxygen atoms in total. The van der Waals surface area contributed by atoms with Crippen molar-refractivity contribution in [1.82, 2.24) is 5.32 Å². The summed E-state index contributed by atoms with van der Waals surface area (Å²) >= 11 is 7.13. The minimum absolute atomic E-state index is 0.0900. The lowest BCUT2D eigenvalue weighted by atomic mass is 9.79. The lowest BCUT2D eigenvalue weighted by molar-refractivity contribution is -0.123. The fraction of sp³-hybridized carbons (Fsp3) is 0.200. The maximum absolute atomic E-state index is 12.2. The second-order valence-corrected chi connectivity index (χ2v) is 6.10. The third-order valence-corrected chi connectivity index (χ3v) is 4.65. The summed E-state index contributed by atoms with van der Waals surface area (Å²) in [5.41, 5.74) is 5.81. The van der Waals surface area contributed by atoms with Crippen molar-refractivity contribution in [2.75, 3.05) is 5.75 Å². The molecule has 2 rings (SSSR count). The van der Waals surface area contributed by atoms with E-state index in [1.54, 1.807) is 24.3 Å². The van der Waals surface area contributed by atoms with Crippen molar-refractivity contribution in [1.29, 1.82) is 10.5 Å². The van der Waals surface area contributed by atoms with Crippen LogP contribution in [0.1, 0.15) is 11.5 Å². The van der Waals surface area contributed by atoms with Gasteiger partial charge in [0, 0.05) is 10.9 Å². The van der Waals surface area contributed by atoms with Gasteiger partial charge in [-0.15, -0.1) is 0 Å². The molecular formula is C15H11ClN4O2S. The second kappa shape index (κ2) is 7.19. The molecule has 0 spiro atoms. The van der Waals surface area contributed by atoms with Gasteiger partial charge in [0.05, 0.1) is 28.5 Å². The van der Waals surface area contributed by atoms with E-state index in [2.05, 4.69) is 5.32 Å². The van der Waals surface area contributed by atoms with E-state index in [9.17, 15) is 20.1 Å². The summed E-state index contributed by atoms with van der Waals surface area (Å²) in [6, 6.07) is 10.7. The Labute approximate surface area is 141 Å². The molecule has 1 aromatic carbocycles. The third-order valence-electron chi connectivity index (χ3n) is 3.27. The van der Waals surface area contributed by atoms with Gasteiger partial charge in [-0.3, -0.25) is 9.59 Å². The molecule has 1 aliphatic rings. The number of nitrogens with one attached hydrogen (secondary N) is 1. The highest BCUT2D eigenvalue weighted by atomic mass is 35.5. The Kier molecular flexibility index (Phi) is 5.28. The van der Waals surface area contributed by atoms with Crippen molar-refractivity contribution in [2.45, 2.75) is 5.92 Å². The van der Waals surface area contributed by atoms with E-state index >= 15 is 0 Å². The molecule has 0 saturated carbocycles. The van der Waals surface area contributed by atoms with Gasteiger partial charge >= 0.3 is 0 Å². The number of primary amides is 1. The van der Waals surface area contributed by atoms with Gasteiger partial charge in [0.25, 0.3) is 0 Å². The molecule has 116 valence electrons. The molecule has 1 heterocycles. The number of benzene rings is 1. The molecule has 8 heteroatoms. The summed E-state index contributed by atoms with van der Waals surface area (Å²) in [4.78, 5) is 23.1. The zero-order valence-electron chi connectivity index (χ0n) is 11.7. The number of hydrogen-bond acceptors (Lipinski definition) is 5. The van der Waals surface area contributed by atoms with Crippen molar-refractivity contribution in [3.63, 3.8) is 0 Å². The van der Waals surface area contributed by atoms with Crippen LogP contribution in [0.4, 0.5) is 0 Å². The number of rotatable bonds is 4. The van der Waals surface area contributed by atoms with Crippen molar-refractivity contribution < 1.29 is 9.59 Å². The zero-order chi connectivity index (χ0) is 17.0. The molecule has 0 fully saturated rings. The molecule has 0 aliphatic carbocycles. The van der Waals surface area contributed by atoms with Crippen LogP contribution in [0.15, 0.2) is 34.9 Å². The molecule has 0 bridgehead atoms. The number of hydrogen-bond donors (Lipinski definition) is 2. The van der Waals surface area contributed by atoms with E-state index in [1.165, 1.54) is 0 Å². The molecule has 2 amide bonds. The smallest absolute Gasteiger partial charge is 0.243 e. The van der Waals surface area contributed by atoms with E-state index < -0.39 is 23.7 Å². The number of nitrogens with two attached hydrogens (primary N) is 1. The average Bonchev–Trinajstić information content (AvgIpc) is 2.52. The molecular weight excluding hydrogens is 336 g/mol. The molecule has 3 N–H and O–H groups in total. The highest BCUT2D eigenvalue weighted by Gasteiger charge is 2.40. The van der Waals surface area contributed by atoms with E-state index in [0.717, 1.165) is 11.8 Å². The first-order valence-corrected chi connectivity index (χ1v) is 7.86. The standard InChI is InChI=1S/C15H11ClN4O2S/c16-11-4-2-1-3-8(11)13-9(5-17)14(22)20-15(10(13)6-18)23-7-12(19)21/h1-4,9,13H,7H2,(H2,19,21)(H,20,22). The summed E-state index contributed by atoms with van der Waals surface area (Å²) in [7, 11) is 0. The third kappa shape index (κ3) is 3.48. The fourth-order valence-electron chi connectivity index (χ4n) is 2.29. The van der Waals surface area contributed by atoms with Gasteiger partial charge < -0.3 is 11.1 Å². The molecule has 1 aliphatic heterocycles. The molecule has 1 aromatic rings. The van der Waals surface area contributed by atoms with Gasteiger partial charge in [-0.1, -0.05) is 41.6 Å². The first-order valence-electron chi connectivity index (χ1n) is 6.49. The van der Waals surface area contributed by atoms with E-state index in [-0.39, 0.29) is 16.4 Å². The molecule has 0 radical (unpaired) electrons. The largest absolute Gasteiger partial charge is 0.369 e. The predicted molar refractivity (Wildman–Crippen MR) is 85.7 cm³/mol. The Morgan fingerprint density at radius 1 is 1.39 bits per heavy atom. The molecule has 23 heavy (non-hydrogen) atoms. The van der Waals surface area contributed by atoms with Crippen LogP contribution in [0.5, 0.6) is 0 Å². The summed E-state index contributed by atoms with van der Waals surface area (Å²) in [6.07, 6.45) is 0. The number of amides is 2. The van der Waals surface area contributed by atoms with Crippen molar-refractivity contribution in [2.24, 2.45) is 11.7 Å². The number of carbonyl (C=O) groups excluding carboxylic acids is 2. The van der Waals surface area contributed by atoms with Crippen LogP contribution in [-0.2, 0) is 9.59 Å². The second-order valence-electron chi connectivity index (χ2n) is 4.70. The van der Waals surface area contributed by atoms with Gasteiger partial charge in [-0.05, 0) is 11.6 Å². The molecule has 2 atom stereocenters. The average molecular weight is 347 g/mol. The Morgan fingerprint density at radius 3 is 2.65 bits per heavy atom. The lowest BCUT2D eigenvalue weighted by Gasteiger charge is -2.29. The fourth-order valence-corrected chi connectivity index (χ4v) is 3.33. The van der Waals surface area contributed by atoms with Crippen LogP contribution in [0.3, 0.4) is 0 Å². The van der Waals surface area contributed by atoms with Crippen LogP contribution >= 0.6 is 23.4 Å². The van der Waals surface area contributed by atoms with E-state index in [4.69, 9.17) is 17.3 Å². The number of thioether (sulfide) groups is 1. The number of halogens is 1. The molecule has 2 unspecified atom stereocenters. The zero-order valence-corrected chi connectivity index (χ0v) is 13.3. The minimum atomic E-state index is -1.08. The first kappa shape index (κ1) is 16.9. The number of nitriles is 2. The van der Waals surface area contributed by atoms with E-state index in [1.807, 2.05) is 12.1 Å². The van der Waals surface area contributed by atoms with Crippen LogP contribution in [0.2, 0.25) is 5.02 Å². The Morgan fingerprint density at radius 2 is 2.09 bits per heavy atom. The topological polar surface area (TPSA) is 120 Å². The maximum atomic E-state index is 12.2. The lowest BCUT2D eigenvalue weighted by Crippen LogP contribution is -2.39. The van der Waals surface area contributed by atoms with Crippen LogP contribution in [0, 0.1) is 28.6 Å². The maximum Gasteiger partial charge on any atom is 0.243 e. The number of nitrogens with zero attached hydrogens (tertiary/aromatic N) is 2. The van der Waals surface area contributed by atoms with Gasteiger partial charge in [0.15, 0.2) is 0 Å². The Bertz CT molecular complexity index is 778. The summed E-state index contributed by atoms with van der Waals surface area (Å²) < 4.78 is 0. The van der Waals surface area contributed by atoms with Crippen LogP contribution in [-0.4, -0.2) is 17.6 Å². The van der Waals surface area contributed by atoms with E-state index in [0.29, 0.717) is 10.6 Å². The van der Waals surface area contributed by atoms with Crippen LogP contribution < -0.4 is 11.1 Å². The monoisotopic (exact) mass is 346 g/mol. The van der Waals surface area contributed by atoms with Crippen molar-refractivity contribution in [3.05, 3.63) is 45.5 Å². The molecule has 0 aromatic heterocycles. The predicted octanol–water partition coefficient (Wildman–Crippen LogP) is 1.65. The Balaban J connectivity index is 2.57. The quantitative estimate of drug-likeness (QED) is 0.858. The van der Waals surface area contributed by atoms with Crippen LogP contribution in [0.25, 0.3) is 0 Å². The van der Waals surface area contributed by atoms with Gasteiger partial charge in [0.2, 0.25) is 11.8 Å². The highest BCUT2D eigenvalue weighted by Crippen LogP contribution is 2.41. The van der Waals surface area contributed by atoms with Crippen molar-refractivity contribution >= 4 is 35.2 Å². The summed E-state index contributed by atoms with van der Waals surface area (Å²) in [5.74, 6) is -3.08. The SMILES string of the molecule is N#CC1=C(SCC(N)=O)NC(=O)C(C#N)C1c1ccccc1Cl. The number of allylic oxidation sites excluding steroid dienone is 1. The highest BCUT2D eigenvalue weighted by molar-refractivity contribution is 8.03. The van der Waals surface area contributed by atoms with Gasteiger partial charge in [-0.2, -0.15) is 10.5 Å². The normalized spacial score (nSPS) is 20.4. The first-order chi connectivity index (χ1) is 11.0. The van der Waals surface area contributed by atoms with Crippen molar-refractivity contribution in [3.8, 4) is 12.1 Å². The Hall–Kier alpha value is -2.48. The van der Waals surface area contributed by atoms with Gasteiger partial charge in [-0.25, -0.2) is 0 Å². The summed E-state index contributed by atoms with van der Waals surface area (Å²) in [5, 5.41) is 21.9. The minimum Gasteiger partial charge on any atom is -0.369 e. The number of carbonyl (C=O) groups is 2. The van der Waals surface area contributed by atoms with Gasteiger partial charge in [0.1, 0.15) is 5.92 Å². The summed E-state index contributed by atoms with van der Waals surface area (Å²) in [6.45, 7) is 0. The molecule has 0 saturated heterocycles.